The molecular formula is C24H19F5N6O2. The van der Waals surface area contributed by atoms with Crippen molar-refractivity contribution in [2.45, 2.75) is 18.1 Å². The Bertz CT molecular complexity index is 1360. The molecule has 1 unspecified atom stereocenters. The lowest BCUT2D eigenvalue weighted by molar-refractivity contribution is -0.212. The normalized spacial score (nSPS) is 15.0. The van der Waals surface area contributed by atoms with Crippen LogP contribution < -0.4 is 10.3 Å². The number of halogens is 5. The molecule has 0 spiro atoms. The topological polar surface area (TPSA) is 97.0 Å². The summed E-state index contributed by atoms with van der Waals surface area (Å²) in [5.41, 5.74) is -2.63. The van der Waals surface area contributed by atoms with Gasteiger partial charge in [-0.1, -0.05) is 12.1 Å². The highest BCUT2D eigenvalue weighted by Crippen LogP contribution is 2.46. The number of nitrogens with one attached hydrogen (secondary N) is 1. The molecule has 0 radical (unpaired) electrons. The lowest BCUT2D eigenvalue weighted by atomic mass is 9.84. The zero-order valence-corrected chi connectivity index (χ0v) is 19.2. The van der Waals surface area contributed by atoms with Gasteiger partial charge in [-0.05, 0) is 30.3 Å². The van der Waals surface area contributed by atoms with Gasteiger partial charge in [-0.25, -0.2) is 18.3 Å². The number of pyridine rings is 1. The minimum absolute atomic E-state index is 0.00903. The van der Waals surface area contributed by atoms with Gasteiger partial charge in [0.25, 0.3) is 0 Å². The summed E-state index contributed by atoms with van der Waals surface area (Å²) in [6, 6.07) is 9.69. The van der Waals surface area contributed by atoms with Crippen LogP contribution >= 0.6 is 0 Å². The van der Waals surface area contributed by atoms with Crippen LogP contribution in [0.15, 0.2) is 59.8 Å². The van der Waals surface area contributed by atoms with Crippen LogP contribution in [0, 0.1) is 28.8 Å². The zero-order chi connectivity index (χ0) is 26.8. The second kappa shape index (κ2) is 10.00. The molecule has 2 heterocycles. The minimum Gasteiger partial charge on any atom is -0.487 e. The molecule has 0 saturated heterocycles. The van der Waals surface area contributed by atoms with Crippen LogP contribution in [0.2, 0.25) is 0 Å². The first kappa shape index (κ1) is 25.8. The molecule has 0 saturated carbocycles. The lowest BCUT2D eigenvalue weighted by Crippen LogP contribution is -2.54. The molecule has 192 valence electrons. The number of alkyl halides is 2. The lowest BCUT2D eigenvalue weighted by Gasteiger charge is -2.38. The molecule has 1 atom stereocenters. The number of nitriles is 1. The molecular weight excluding hydrogens is 499 g/mol. The van der Waals surface area contributed by atoms with Crippen molar-refractivity contribution >= 4 is 6.34 Å². The van der Waals surface area contributed by atoms with Gasteiger partial charge in [-0.15, -0.1) is 10.6 Å². The number of hydrazine groups is 2. The number of nitrogens with zero attached hydrogens (tertiary/aromatic N) is 5. The molecule has 3 aromatic rings. The Morgan fingerprint density at radius 3 is 2.54 bits per heavy atom. The second-order valence-electron chi connectivity index (χ2n) is 8.12. The van der Waals surface area contributed by atoms with E-state index in [9.17, 15) is 18.3 Å². The first-order valence-corrected chi connectivity index (χ1v) is 10.7. The number of ether oxygens (including phenoxy) is 1. The van der Waals surface area contributed by atoms with Crippen molar-refractivity contribution in [1.82, 2.24) is 20.6 Å². The van der Waals surface area contributed by atoms with E-state index in [1.807, 2.05) is 0 Å². The van der Waals surface area contributed by atoms with E-state index in [1.165, 1.54) is 36.6 Å². The van der Waals surface area contributed by atoms with E-state index in [4.69, 9.17) is 10.00 Å². The van der Waals surface area contributed by atoms with Gasteiger partial charge >= 0.3 is 5.92 Å². The second-order valence-corrected chi connectivity index (χ2v) is 8.12. The fraction of sp³-hybridized carbons (Fsp3) is 0.208. The van der Waals surface area contributed by atoms with Gasteiger partial charge in [0.15, 0.2) is 5.60 Å². The molecule has 2 N–H and O–H groups in total. The minimum atomic E-state index is -4.21. The molecule has 1 aliphatic heterocycles. The summed E-state index contributed by atoms with van der Waals surface area (Å²) in [7, 11) is 1.52. The van der Waals surface area contributed by atoms with Crippen molar-refractivity contribution < 1.29 is 31.8 Å². The molecule has 1 aromatic heterocycles. The van der Waals surface area contributed by atoms with Gasteiger partial charge in [0.05, 0.1) is 18.3 Å². The average molecular weight is 518 g/mol. The fourth-order valence-corrected chi connectivity index (χ4v) is 3.65. The monoisotopic (exact) mass is 518 g/mol. The summed E-state index contributed by atoms with van der Waals surface area (Å²) in [5, 5.41) is 26.2. The van der Waals surface area contributed by atoms with Crippen LogP contribution in [0.1, 0.15) is 22.4 Å². The standard InChI is InChI=1S/C24H19F5N6O2/c1-34-14-32-35(33-34)13-23(36,19-7-5-17(25)9-20(19)26)24(28,29)21-8-6-18(11-31-21)37-12-16-4-2-3-15(10-30)22(16)27/h2-9,11,14,33,36H,12-13H2,1H3. The molecule has 0 bridgehead atoms. The van der Waals surface area contributed by atoms with Crippen LogP contribution in [0.5, 0.6) is 5.75 Å². The van der Waals surface area contributed by atoms with Crippen LogP contribution in [-0.4, -0.2) is 40.1 Å². The number of rotatable bonds is 8. The smallest absolute Gasteiger partial charge is 0.323 e. The zero-order valence-electron chi connectivity index (χ0n) is 19.2. The SMILES string of the molecule is CN1C=NN(CC(O)(c2ccc(F)cc2F)C(F)(F)c2ccc(OCc3cccc(C#N)c3F)cn2)N1. The van der Waals surface area contributed by atoms with Gasteiger partial charge in [0.1, 0.15) is 47.9 Å². The number of β-amino-alcohol motifs (C(OH)–C–C–N with tert-alkyl or cyclic N) is 1. The summed E-state index contributed by atoms with van der Waals surface area (Å²) in [4.78, 5) is 3.68. The van der Waals surface area contributed by atoms with Crippen molar-refractivity contribution in [3.63, 3.8) is 0 Å². The van der Waals surface area contributed by atoms with Crippen LogP contribution in [0.25, 0.3) is 0 Å². The Morgan fingerprint density at radius 2 is 1.92 bits per heavy atom. The quantitative estimate of drug-likeness (QED) is 0.441. The molecule has 0 aliphatic carbocycles. The number of hydrogen-bond donors (Lipinski definition) is 2. The van der Waals surface area contributed by atoms with Crippen molar-refractivity contribution in [1.29, 1.82) is 5.26 Å². The van der Waals surface area contributed by atoms with Crippen molar-refractivity contribution in [2.24, 2.45) is 5.10 Å². The third-order valence-electron chi connectivity index (χ3n) is 5.56. The molecule has 8 nitrogen and oxygen atoms in total. The van der Waals surface area contributed by atoms with E-state index in [0.29, 0.717) is 6.07 Å². The summed E-state index contributed by atoms with van der Waals surface area (Å²) >= 11 is 0. The van der Waals surface area contributed by atoms with Crippen LogP contribution in [-0.2, 0) is 18.1 Å². The third kappa shape index (κ3) is 5.02. The summed E-state index contributed by atoms with van der Waals surface area (Å²) in [5.74, 6) is -7.39. The maximum absolute atomic E-state index is 15.8. The van der Waals surface area contributed by atoms with Crippen molar-refractivity contribution in [3.05, 3.63) is 94.6 Å². The number of aliphatic hydroxyl groups is 1. The highest BCUT2D eigenvalue weighted by molar-refractivity contribution is 5.54. The van der Waals surface area contributed by atoms with Crippen molar-refractivity contribution in [2.75, 3.05) is 13.6 Å². The highest BCUT2D eigenvalue weighted by Gasteiger charge is 2.58. The van der Waals surface area contributed by atoms with Gasteiger partial charge in [-0.3, -0.25) is 9.99 Å². The Balaban J connectivity index is 1.62. The van der Waals surface area contributed by atoms with E-state index >= 15 is 8.78 Å². The number of hydrogen-bond acceptors (Lipinski definition) is 8. The maximum Gasteiger partial charge on any atom is 0.323 e. The number of benzene rings is 2. The Labute approximate surface area is 207 Å². The molecule has 4 rings (SSSR count). The number of aromatic nitrogens is 1. The van der Waals surface area contributed by atoms with Gasteiger partial charge in [0.2, 0.25) is 0 Å². The third-order valence-corrected chi connectivity index (χ3v) is 5.56. The molecule has 0 amide bonds. The van der Waals surface area contributed by atoms with E-state index in [2.05, 4.69) is 15.6 Å². The molecule has 1 aliphatic rings. The Kier molecular flexibility index (Phi) is 6.97. The predicted octanol–water partition coefficient (Wildman–Crippen LogP) is 3.54. The number of hydrazone groups is 1. The Morgan fingerprint density at radius 1 is 1.14 bits per heavy atom. The van der Waals surface area contributed by atoms with Crippen LogP contribution in [0.3, 0.4) is 0 Å². The van der Waals surface area contributed by atoms with E-state index in [-0.39, 0.29) is 23.5 Å². The Hall–Kier alpha value is -4.28. The largest absolute Gasteiger partial charge is 0.487 e. The first-order chi connectivity index (χ1) is 17.5. The van der Waals surface area contributed by atoms with Gasteiger partial charge in [-0.2, -0.15) is 14.0 Å². The summed E-state index contributed by atoms with van der Waals surface area (Å²) < 4.78 is 79.4. The highest BCUT2D eigenvalue weighted by atomic mass is 19.3. The fourth-order valence-electron chi connectivity index (χ4n) is 3.65. The molecule has 37 heavy (non-hydrogen) atoms. The maximum atomic E-state index is 15.8. The molecule has 13 heteroatoms. The van der Waals surface area contributed by atoms with Gasteiger partial charge in [0, 0.05) is 24.2 Å². The molecule has 2 aromatic carbocycles. The first-order valence-electron chi connectivity index (χ1n) is 10.7. The average Bonchev–Trinajstić information content (AvgIpc) is 3.27. The van der Waals surface area contributed by atoms with E-state index in [0.717, 1.165) is 35.6 Å². The summed E-state index contributed by atoms with van der Waals surface area (Å²) in [6.45, 7) is -1.26. The van der Waals surface area contributed by atoms with E-state index in [1.54, 1.807) is 6.07 Å². The van der Waals surface area contributed by atoms with Crippen molar-refractivity contribution in [3.8, 4) is 11.8 Å². The predicted molar refractivity (Wildman–Crippen MR) is 120 cm³/mol. The molecule has 0 fully saturated rings. The van der Waals surface area contributed by atoms with Crippen LogP contribution in [0.4, 0.5) is 22.0 Å². The summed E-state index contributed by atoms with van der Waals surface area (Å²) in [6.07, 6.45) is 2.16. The van der Waals surface area contributed by atoms with E-state index < -0.39 is 46.8 Å². The van der Waals surface area contributed by atoms with Gasteiger partial charge < -0.3 is 9.84 Å².